The molecule has 0 atom stereocenters. The highest BCUT2D eigenvalue weighted by molar-refractivity contribution is 6.31. The van der Waals surface area contributed by atoms with Gasteiger partial charge in [0.1, 0.15) is 11.6 Å². The zero-order chi connectivity index (χ0) is 14.5. The molecule has 1 heterocycles. The lowest BCUT2D eigenvalue weighted by Gasteiger charge is -2.10. The van der Waals surface area contributed by atoms with Gasteiger partial charge in [-0.3, -0.25) is 0 Å². The largest absolute Gasteiger partial charge is 0.481 e. The molecule has 20 heavy (non-hydrogen) atoms. The number of aryl methyl sites for hydroxylation is 1. The number of benzene rings is 1. The molecule has 5 nitrogen and oxygen atoms in total. The van der Waals surface area contributed by atoms with Crippen LogP contribution in [0.5, 0.6) is 5.75 Å². The van der Waals surface area contributed by atoms with E-state index in [2.05, 4.69) is 9.97 Å². The summed E-state index contributed by atoms with van der Waals surface area (Å²) in [5.41, 5.74) is 1.39. The molecule has 6 heteroatoms. The fraction of sp³-hybridized carbons (Fsp3) is 0.214. The van der Waals surface area contributed by atoms with Crippen LogP contribution in [0.25, 0.3) is 11.1 Å². The first-order chi connectivity index (χ1) is 9.60. The van der Waals surface area contributed by atoms with Crippen molar-refractivity contribution in [2.45, 2.75) is 13.3 Å². The van der Waals surface area contributed by atoms with Gasteiger partial charge in [0.2, 0.25) is 0 Å². The smallest absolute Gasteiger partial charge is 0.341 e. The lowest BCUT2D eigenvalue weighted by molar-refractivity contribution is -0.139. The average molecular weight is 293 g/mol. The number of carbonyl (C=O) groups is 1. The summed E-state index contributed by atoms with van der Waals surface area (Å²) < 4.78 is 5.25. The number of carboxylic acid groups (broad SMARTS) is 1. The van der Waals surface area contributed by atoms with E-state index in [1.807, 2.05) is 6.92 Å². The van der Waals surface area contributed by atoms with E-state index >= 15 is 0 Å². The zero-order valence-electron chi connectivity index (χ0n) is 10.8. The number of aliphatic carboxylic acids is 1. The number of hydrogen-bond acceptors (Lipinski definition) is 4. The lowest BCUT2D eigenvalue weighted by atomic mass is 10.1. The van der Waals surface area contributed by atoms with Crippen molar-refractivity contribution < 1.29 is 14.6 Å². The molecule has 2 aromatic rings. The third kappa shape index (κ3) is 3.45. The highest BCUT2D eigenvalue weighted by Crippen LogP contribution is 2.32. The van der Waals surface area contributed by atoms with Gasteiger partial charge in [-0.05, 0) is 18.2 Å². The number of nitrogens with zero attached hydrogens (tertiary/aromatic N) is 2. The van der Waals surface area contributed by atoms with Gasteiger partial charge in [-0.2, -0.15) is 0 Å². The van der Waals surface area contributed by atoms with E-state index in [0.29, 0.717) is 16.3 Å². The van der Waals surface area contributed by atoms with Crippen molar-refractivity contribution in [3.63, 3.8) is 0 Å². The second kappa shape index (κ2) is 6.34. The average Bonchev–Trinajstić information content (AvgIpc) is 2.46. The SMILES string of the molecule is CCc1ncc(-c2cc(Cl)ccc2OCC(=O)O)cn1. The Hall–Kier alpha value is -2.14. The molecule has 104 valence electrons. The summed E-state index contributed by atoms with van der Waals surface area (Å²) >= 11 is 5.98. The fourth-order valence-electron chi connectivity index (χ4n) is 1.67. The summed E-state index contributed by atoms with van der Waals surface area (Å²) in [6.45, 7) is 1.55. The van der Waals surface area contributed by atoms with E-state index in [1.54, 1.807) is 30.6 Å². The first kappa shape index (κ1) is 14.3. The predicted octanol–water partition coefficient (Wildman–Crippen LogP) is 2.82. The van der Waals surface area contributed by atoms with Crippen molar-refractivity contribution in [2.24, 2.45) is 0 Å². The first-order valence-corrected chi connectivity index (χ1v) is 6.43. The van der Waals surface area contributed by atoms with E-state index in [-0.39, 0.29) is 0 Å². The lowest BCUT2D eigenvalue weighted by Crippen LogP contribution is -2.10. The minimum Gasteiger partial charge on any atom is -0.481 e. The van der Waals surface area contributed by atoms with Gasteiger partial charge in [0.05, 0.1) is 0 Å². The van der Waals surface area contributed by atoms with E-state index in [1.165, 1.54) is 0 Å². The van der Waals surface area contributed by atoms with Gasteiger partial charge >= 0.3 is 5.97 Å². The summed E-state index contributed by atoms with van der Waals surface area (Å²) in [6.07, 6.45) is 4.09. The molecule has 2 rings (SSSR count). The van der Waals surface area contributed by atoms with Crippen molar-refractivity contribution >= 4 is 17.6 Å². The quantitative estimate of drug-likeness (QED) is 0.917. The molecular formula is C14H13ClN2O3. The molecule has 0 amide bonds. The maximum absolute atomic E-state index is 10.6. The Morgan fingerprint density at radius 3 is 2.65 bits per heavy atom. The Bertz CT molecular complexity index is 614. The Labute approximate surface area is 121 Å². The van der Waals surface area contributed by atoms with Crippen LogP contribution in [0.4, 0.5) is 0 Å². The van der Waals surface area contributed by atoms with E-state index in [0.717, 1.165) is 17.8 Å². The van der Waals surface area contributed by atoms with E-state index in [9.17, 15) is 4.79 Å². The molecule has 0 aliphatic heterocycles. The van der Waals surface area contributed by atoms with Gasteiger partial charge < -0.3 is 9.84 Å². The van der Waals surface area contributed by atoms with Crippen molar-refractivity contribution in [3.8, 4) is 16.9 Å². The number of carboxylic acids is 1. The molecule has 0 bridgehead atoms. The van der Waals surface area contributed by atoms with Crippen LogP contribution < -0.4 is 4.74 Å². The summed E-state index contributed by atoms with van der Waals surface area (Å²) in [6, 6.07) is 4.97. The normalized spacial score (nSPS) is 10.3. The molecule has 0 saturated heterocycles. The third-order valence-corrected chi connectivity index (χ3v) is 2.86. The molecule has 0 spiro atoms. The fourth-order valence-corrected chi connectivity index (χ4v) is 1.84. The molecule has 1 aromatic carbocycles. The Morgan fingerprint density at radius 2 is 2.05 bits per heavy atom. The van der Waals surface area contributed by atoms with Crippen molar-refractivity contribution in [1.82, 2.24) is 9.97 Å². The number of ether oxygens (including phenoxy) is 1. The minimum atomic E-state index is -1.04. The summed E-state index contributed by atoms with van der Waals surface area (Å²) in [5, 5.41) is 9.21. The Kier molecular flexibility index (Phi) is 4.53. The van der Waals surface area contributed by atoms with Crippen LogP contribution in [0.3, 0.4) is 0 Å². The van der Waals surface area contributed by atoms with Crippen LogP contribution in [0.2, 0.25) is 5.02 Å². The number of halogens is 1. The highest BCUT2D eigenvalue weighted by Gasteiger charge is 2.10. The second-order valence-corrected chi connectivity index (χ2v) is 4.50. The molecule has 0 unspecified atom stereocenters. The van der Waals surface area contributed by atoms with Gasteiger partial charge in [-0.15, -0.1) is 0 Å². The van der Waals surface area contributed by atoms with Crippen LogP contribution in [0.15, 0.2) is 30.6 Å². The standard InChI is InChI=1S/C14H13ClN2O3/c1-2-13-16-6-9(7-17-13)11-5-10(15)3-4-12(11)20-8-14(18)19/h3-7H,2,8H2,1H3,(H,18,19). The molecule has 1 aromatic heterocycles. The molecule has 0 radical (unpaired) electrons. The van der Waals surface area contributed by atoms with E-state index < -0.39 is 12.6 Å². The van der Waals surface area contributed by atoms with E-state index in [4.69, 9.17) is 21.4 Å². The third-order valence-electron chi connectivity index (χ3n) is 2.63. The van der Waals surface area contributed by atoms with Crippen molar-refractivity contribution in [2.75, 3.05) is 6.61 Å². The summed E-state index contributed by atoms with van der Waals surface area (Å²) in [5.74, 6) is 0.136. The Morgan fingerprint density at radius 1 is 1.35 bits per heavy atom. The Balaban J connectivity index is 2.36. The first-order valence-electron chi connectivity index (χ1n) is 6.05. The molecule has 0 aliphatic rings. The topological polar surface area (TPSA) is 72.3 Å². The molecule has 0 saturated carbocycles. The van der Waals surface area contributed by atoms with Gasteiger partial charge in [0.25, 0.3) is 0 Å². The molecular weight excluding hydrogens is 280 g/mol. The second-order valence-electron chi connectivity index (χ2n) is 4.06. The molecule has 0 fully saturated rings. The van der Waals surface area contributed by atoms with Gasteiger partial charge in [0.15, 0.2) is 6.61 Å². The summed E-state index contributed by atoms with van der Waals surface area (Å²) in [4.78, 5) is 19.0. The number of rotatable bonds is 5. The molecule has 1 N–H and O–H groups in total. The highest BCUT2D eigenvalue weighted by atomic mass is 35.5. The van der Waals surface area contributed by atoms with Crippen LogP contribution in [0.1, 0.15) is 12.7 Å². The number of aromatic nitrogens is 2. The number of hydrogen-bond donors (Lipinski definition) is 1. The van der Waals surface area contributed by atoms with Crippen molar-refractivity contribution in [3.05, 3.63) is 41.4 Å². The molecule has 0 aliphatic carbocycles. The van der Waals surface area contributed by atoms with Crippen LogP contribution >= 0.6 is 11.6 Å². The van der Waals surface area contributed by atoms with Crippen molar-refractivity contribution in [1.29, 1.82) is 0 Å². The summed E-state index contributed by atoms with van der Waals surface area (Å²) in [7, 11) is 0. The maximum Gasteiger partial charge on any atom is 0.341 e. The van der Waals surface area contributed by atoms with Gasteiger partial charge in [-0.25, -0.2) is 14.8 Å². The minimum absolute atomic E-state index is 0.414. The van der Waals surface area contributed by atoms with Crippen LogP contribution in [-0.4, -0.2) is 27.7 Å². The zero-order valence-corrected chi connectivity index (χ0v) is 11.6. The van der Waals surface area contributed by atoms with Crippen LogP contribution in [-0.2, 0) is 11.2 Å². The maximum atomic E-state index is 10.6. The van der Waals surface area contributed by atoms with Gasteiger partial charge in [-0.1, -0.05) is 18.5 Å². The monoisotopic (exact) mass is 292 g/mol. The van der Waals surface area contributed by atoms with Crippen LogP contribution in [0, 0.1) is 0 Å². The van der Waals surface area contributed by atoms with Gasteiger partial charge in [0, 0.05) is 35.0 Å². The predicted molar refractivity (Wildman–Crippen MR) is 75.0 cm³/mol.